The fraction of sp³-hybridized carbons (Fsp3) is 0.462. The van der Waals surface area contributed by atoms with Gasteiger partial charge in [0.25, 0.3) is 5.91 Å². The summed E-state index contributed by atoms with van der Waals surface area (Å²) in [6.45, 7) is 0. The van der Waals surface area contributed by atoms with E-state index in [1.165, 1.54) is 0 Å². The molecule has 1 aromatic carbocycles. The lowest BCUT2D eigenvalue weighted by atomic mass is 9.93. The minimum atomic E-state index is -0.215. The van der Waals surface area contributed by atoms with Gasteiger partial charge in [-0.3, -0.25) is 4.79 Å². The Morgan fingerprint density at radius 3 is 2.67 bits per heavy atom. The Kier molecular flexibility index (Phi) is 4.65. The fourth-order valence-corrected chi connectivity index (χ4v) is 2.74. The molecule has 0 bridgehead atoms. The molecule has 0 radical (unpaired) electrons. The molecule has 1 aliphatic carbocycles. The molecular weight excluding hydrogens is 318 g/mol. The maximum atomic E-state index is 12.1. The largest absolute Gasteiger partial charge is 0.393 e. The van der Waals surface area contributed by atoms with Crippen molar-refractivity contribution in [2.24, 2.45) is 0 Å². The van der Waals surface area contributed by atoms with Crippen molar-refractivity contribution in [3.63, 3.8) is 0 Å². The van der Waals surface area contributed by atoms with Crippen LogP contribution in [0.4, 0.5) is 0 Å². The first kappa shape index (κ1) is 13.8. The van der Waals surface area contributed by atoms with Gasteiger partial charge in [-0.15, -0.1) is 0 Å². The number of halogens is 2. The van der Waals surface area contributed by atoms with Crippen molar-refractivity contribution >= 4 is 33.4 Å². The van der Waals surface area contributed by atoms with Gasteiger partial charge < -0.3 is 10.4 Å². The van der Waals surface area contributed by atoms with Gasteiger partial charge in [0.1, 0.15) is 0 Å². The number of carbonyl (C=O) groups excluding carboxylic acids is 1. The topological polar surface area (TPSA) is 49.3 Å². The molecule has 3 nitrogen and oxygen atoms in total. The van der Waals surface area contributed by atoms with Crippen molar-refractivity contribution in [3.8, 4) is 0 Å². The number of carbonyl (C=O) groups is 1. The first-order valence-electron chi connectivity index (χ1n) is 6.01. The molecule has 0 aromatic heterocycles. The van der Waals surface area contributed by atoms with Crippen molar-refractivity contribution in [2.75, 3.05) is 0 Å². The highest BCUT2D eigenvalue weighted by molar-refractivity contribution is 9.10. The molecule has 0 heterocycles. The third-order valence-corrected chi connectivity index (χ3v) is 4.52. The second-order valence-corrected chi connectivity index (χ2v) is 5.81. The van der Waals surface area contributed by atoms with Gasteiger partial charge in [-0.1, -0.05) is 17.7 Å². The summed E-state index contributed by atoms with van der Waals surface area (Å²) in [4.78, 5) is 12.1. The van der Waals surface area contributed by atoms with E-state index in [1.54, 1.807) is 18.2 Å². The van der Waals surface area contributed by atoms with E-state index >= 15 is 0 Å². The van der Waals surface area contributed by atoms with E-state index in [9.17, 15) is 9.90 Å². The predicted octanol–water partition coefficient (Wildman–Crippen LogP) is 3.14. The van der Waals surface area contributed by atoms with Gasteiger partial charge in [0.05, 0.1) is 16.7 Å². The zero-order valence-electron chi connectivity index (χ0n) is 9.83. The molecule has 1 aliphatic rings. The summed E-state index contributed by atoms with van der Waals surface area (Å²) in [5.74, 6) is -0.150. The van der Waals surface area contributed by atoms with Gasteiger partial charge in [-0.2, -0.15) is 0 Å². The van der Waals surface area contributed by atoms with E-state index in [0.29, 0.717) is 10.6 Å². The summed E-state index contributed by atoms with van der Waals surface area (Å²) in [5, 5.41) is 12.8. The van der Waals surface area contributed by atoms with Crippen molar-refractivity contribution in [3.05, 3.63) is 33.3 Å². The third-order valence-electron chi connectivity index (χ3n) is 3.23. The standard InChI is InChI=1S/C13H15BrClNO2/c14-11-3-1-2-10(12(11)15)13(18)16-8-4-6-9(17)7-5-8/h1-3,8-9,17H,4-7H2,(H,16,18). The zero-order valence-corrected chi connectivity index (χ0v) is 12.2. The van der Waals surface area contributed by atoms with E-state index in [-0.39, 0.29) is 18.1 Å². The highest BCUT2D eigenvalue weighted by Gasteiger charge is 2.22. The Morgan fingerprint density at radius 1 is 1.33 bits per heavy atom. The zero-order chi connectivity index (χ0) is 13.1. The van der Waals surface area contributed by atoms with Crippen molar-refractivity contribution < 1.29 is 9.90 Å². The first-order chi connectivity index (χ1) is 8.58. The summed E-state index contributed by atoms with van der Waals surface area (Å²) >= 11 is 9.38. The quantitative estimate of drug-likeness (QED) is 0.874. The maximum absolute atomic E-state index is 12.1. The van der Waals surface area contributed by atoms with Gasteiger partial charge in [-0.25, -0.2) is 0 Å². The number of benzene rings is 1. The molecule has 5 heteroatoms. The highest BCUT2D eigenvalue weighted by atomic mass is 79.9. The van der Waals surface area contributed by atoms with Crippen LogP contribution >= 0.6 is 27.5 Å². The van der Waals surface area contributed by atoms with Gasteiger partial charge in [-0.05, 0) is 53.7 Å². The molecule has 0 aliphatic heterocycles. The molecule has 0 unspecified atom stereocenters. The Bertz CT molecular complexity index is 445. The molecule has 2 rings (SSSR count). The summed E-state index contributed by atoms with van der Waals surface area (Å²) in [7, 11) is 0. The van der Waals surface area contributed by atoms with Crippen LogP contribution in [0.15, 0.2) is 22.7 Å². The normalized spacial score (nSPS) is 23.7. The van der Waals surface area contributed by atoms with Crippen LogP contribution in [0.3, 0.4) is 0 Å². The summed E-state index contributed by atoms with van der Waals surface area (Å²) in [6, 6.07) is 5.43. The molecule has 98 valence electrons. The molecule has 1 fully saturated rings. The van der Waals surface area contributed by atoms with Crippen molar-refractivity contribution in [2.45, 2.75) is 37.8 Å². The van der Waals surface area contributed by atoms with Crippen LogP contribution in [-0.2, 0) is 0 Å². The van der Waals surface area contributed by atoms with Crippen molar-refractivity contribution in [1.29, 1.82) is 0 Å². The average Bonchev–Trinajstić information content (AvgIpc) is 2.35. The number of hydrogen-bond acceptors (Lipinski definition) is 2. The van der Waals surface area contributed by atoms with Crippen LogP contribution in [0.5, 0.6) is 0 Å². The Labute approximate surface area is 120 Å². The lowest BCUT2D eigenvalue weighted by Gasteiger charge is -2.26. The van der Waals surface area contributed by atoms with Gasteiger partial charge in [0.2, 0.25) is 0 Å². The van der Waals surface area contributed by atoms with E-state index in [0.717, 1.165) is 30.2 Å². The van der Waals surface area contributed by atoms with Crippen LogP contribution in [0.2, 0.25) is 5.02 Å². The number of hydrogen-bond donors (Lipinski definition) is 2. The summed E-state index contributed by atoms with van der Waals surface area (Å²) in [6.07, 6.45) is 2.92. The van der Waals surface area contributed by atoms with Crippen LogP contribution in [0, 0.1) is 0 Å². The molecule has 2 N–H and O–H groups in total. The second kappa shape index (κ2) is 6.04. The number of aliphatic hydroxyl groups is 1. The number of amides is 1. The Balaban J connectivity index is 2.01. The van der Waals surface area contributed by atoms with Crippen LogP contribution in [-0.4, -0.2) is 23.2 Å². The van der Waals surface area contributed by atoms with Gasteiger partial charge >= 0.3 is 0 Å². The average molecular weight is 333 g/mol. The molecule has 0 atom stereocenters. The molecule has 0 saturated heterocycles. The second-order valence-electron chi connectivity index (χ2n) is 4.58. The lowest BCUT2D eigenvalue weighted by molar-refractivity contribution is 0.0867. The van der Waals surface area contributed by atoms with E-state index < -0.39 is 0 Å². The number of nitrogens with one attached hydrogen (secondary N) is 1. The molecule has 18 heavy (non-hydrogen) atoms. The SMILES string of the molecule is O=C(NC1CCC(O)CC1)c1cccc(Br)c1Cl. The molecule has 1 aromatic rings. The monoisotopic (exact) mass is 331 g/mol. The van der Waals surface area contributed by atoms with Crippen LogP contribution < -0.4 is 5.32 Å². The molecule has 1 amide bonds. The minimum Gasteiger partial charge on any atom is -0.393 e. The minimum absolute atomic E-state index is 0.135. The van der Waals surface area contributed by atoms with Gasteiger partial charge in [0, 0.05) is 10.5 Å². The number of rotatable bonds is 2. The third kappa shape index (κ3) is 3.25. The maximum Gasteiger partial charge on any atom is 0.253 e. The fourth-order valence-electron chi connectivity index (χ4n) is 2.16. The summed E-state index contributed by atoms with van der Waals surface area (Å²) < 4.78 is 0.718. The van der Waals surface area contributed by atoms with Crippen LogP contribution in [0.1, 0.15) is 36.0 Å². The number of aliphatic hydroxyl groups excluding tert-OH is 1. The highest BCUT2D eigenvalue weighted by Crippen LogP contribution is 2.26. The summed E-state index contributed by atoms with van der Waals surface area (Å²) in [5.41, 5.74) is 0.483. The van der Waals surface area contributed by atoms with Crippen LogP contribution in [0.25, 0.3) is 0 Å². The molecule has 0 spiro atoms. The van der Waals surface area contributed by atoms with Crippen molar-refractivity contribution in [1.82, 2.24) is 5.32 Å². The van der Waals surface area contributed by atoms with E-state index in [4.69, 9.17) is 11.6 Å². The van der Waals surface area contributed by atoms with Gasteiger partial charge in [0.15, 0.2) is 0 Å². The molecular formula is C13H15BrClNO2. The first-order valence-corrected chi connectivity index (χ1v) is 7.18. The van der Waals surface area contributed by atoms with E-state index in [1.807, 2.05) is 0 Å². The predicted molar refractivity (Wildman–Crippen MR) is 74.9 cm³/mol. The Hall–Kier alpha value is -0.580. The smallest absolute Gasteiger partial charge is 0.253 e. The molecule has 1 saturated carbocycles. The Morgan fingerprint density at radius 2 is 2.00 bits per heavy atom. The lowest BCUT2D eigenvalue weighted by Crippen LogP contribution is -2.38. The van der Waals surface area contributed by atoms with E-state index in [2.05, 4.69) is 21.2 Å².